The van der Waals surface area contributed by atoms with Crippen molar-refractivity contribution < 1.29 is 22.7 Å². The number of ether oxygens (including phenoxy) is 1. The Balaban J connectivity index is 3.28. The zero-order valence-corrected chi connectivity index (χ0v) is 11.4. The molecule has 1 rings (SSSR count). The first-order valence-electron chi connectivity index (χ1n) is 5.24. The van der Waals surface area contributed by atoms with Gasteiger partial charge >= 0.3 is 6.36 Å². The third-order valence-electron chi connectivity index (χ3n) is 2.05. The van der Waals surface area contributed by atoms with Gasteiger partial charge in [0.25, 0.3) is 5.91 Å². The van der Waals surface area contributed by atoms with Crippen LogP contribution in [0.3, 0.4) is 0 Å². The SMILES string of the molecule is CSC(=Nc1cc(OC(F)(F)F)ccc1C(N)=O)NC#N. The molecule has 0 spiro atoms. The first-order chi connectivity index (χ1) is 9.76. The molecular formula is C11H9F3N4O2S. The van der Waals surface area contributed by atoms with Gasteiger partial charge in [0.2, 0.25) is 0 Å². The number of carbonyl (C=O) groups excluding carboxylic acids is 1. The molecule has 6 nitrogen and oxygen atoms in total. The van der Waals surface area contributed by atoms with Gasteiger partial charge in [-0.3, -0.25) is 10.1 Å². The lowest BCUT2D eigenvalue weighted by Gasteiger charge is -2.11. The third kappa shape index (κ3) is 5.23. The maximum Gasteiger partial charge on any atom is 0.573 e. The van der Waals surface area contributed by atoms with Crippen LogP contribution in [0, 0.1) is 11.5 Å². The standard InChI is InChI=1S/C11H9F3N4O2S/c1-21-10(17-5-15)18-8-4-6(20-11(12,13)14)2-3-7(8)9(16)19/h2-4H,1H3,(H2,16,19)(H,17,18). The lowest BCUT2D eigenvalue weighted by Crippen LogP contribution is -2.18. The number of hydrogen-bond acceptors (Lipinski definition) is 5. The van der Waals surface area contributed by atoms with Crippen molar-refractivity contribution in [2.45, 2.75) is 6.36 Å². The average Bonchev–Trinajstić information content (AvgIpc) is 2.36. The molecule has 21 heavy (non-hydrogen) atoms. The summed E-state index contributed by atoms with van der Waals surface area (Å²) < 4.78 is 40.3. The normalized spacial score (nSPS) is 11.7. The summed E-state index contributed by atoms with van der Waals surface area (Å²) in [7, 11) is 0. The molecule has 1 aromatic carbocycles. The Morgan fingerprint density at radius 1 is 1.52 bits per heavy atom. The van der Waals surface area contributed by atoms with Crippen LogP contribution >= 0.6 is 11.8 Å². The van der Waals surface area contributed by atoms with Crippen LogP contribution in [-0.2, 0) is 0 Å². The summed E-state index contributed by atoms with van der Waals surface area (Å²) in [4.78, 5) is 15.1. The molecule has 0 bridgehead atoms. The highest BCUT2D eigenvalue weighted by Crippen LogP contribution is 2.29. The molecular weight excluding hydrogens is 309 g/mol. The van der Waals surface area contributed by atoms with Crippen molar-refractivity contribution in [2.24, 2.45) is 10.7 Å². The molecule has 0 unspecified atom stereocenters. The second-order valence-electron chi connectivity index (χ2n) is 3.45. The Morgan fingerprint density at radius 2 is 2.19 bits per heavy atom. The Morgan fingerprint density at radius 3 is 2.67 bits per heavy atom. The number of primary amides is 1. The highest BCUT2D eigenvalue weighted by molar-refractivity contribution is 8.13. The van der Waals surface area contributed by atoms with E-state index in [9.17, 15) is 18.0 Å². The van der Waals surface area contributed by atoms with Crippen LogP contribution in [0.4, 0.5) is 18.9 Å². The fourth-order valence-electron chi connectivity index (χ4n) is 1.29. The van der Waals surface area contributed by atoms with Crippen LogP contribution in [0.15, 0.2) is 23.2 Å². The van der Waals surface area contributed by atoms with Crippen LogP contribution in [0.5, 0.6) is 5.75 Å². The number of amides is 1. The van der Waals surface area contributed by atoms with E-state index in [4.69, 9.17) is 11.0 Å². The van der Waals surface area contributed by atoms with Crippen molar-refractivity contribution >= 4 is 28.5 Å². The first kappa shape index (κ1) is 16.6. The molecule has 0 saturated carbocycles. The Kier molecular flexibility index (Phi) is 5.43. The number of carbonyl (C=O) groups is 1. The number of hydrogen-bond donors (Lipinski definition) is 2. The summed E-state index contributed by atoms with van der Waals surface area (Å²) in [6, 6.07) is 2.92. The second kappa shape index (κ2) is 6.85. The molecule has 0 radical (unpaired) electrons. The van der Waals surface area contributed by atoms with Crippen molar-refractivity contribution in [3.05, 3.63) is 23.8 Å². The van der Waals surface area contributed by atoms with Crippen molar-refractivity contribution in [2.75, 3.05) is 6.26 Å². The summed E-state index contributed by atoms with van der Waals surface area (Å²) in [5, 5.41) is 10.8. The molecule has 0 aliphatic rings. The number of halogens is 3. The number of nitrogens with two attached hydrogens (primary N) is 1. The number of alkyl halides is 3. The van der Waals surface area contributed by atoms with Gasteiger partial charge in [0.15, 0.2) is 11.4 Å². The summed E-state index contributed by atoms with van der Waals surface area (Å²) in [6.45, 7) is 0. The Bertz CT molecular complexity index is 610. The van der Waals surface area contributed by atoms with E-state index in [0.717, 1.165) is 30.0 Å². The fourth-order valence-corrected chi connectivity index (χ4v) is 1.63. The van der Waals surface area contributed by atoms with E-state index >= 15 is 0 Å². The molecule has 3 N–H and O–H groups in total. The molecule has 1 aromatic rings. The highest BCUT2D eigenvalue weighted by Gasteiger charge is 2.31. The number of nitrogens with one attached hydrogen (secondary N) is 1. The predicted octanol–water partition coefficient (Wildman–Crippen LogP) is 2.11. The molecule has 0 aromatic heterocycles. The quantitative estimate of drug-likeness (QED) is 0.385. The minimum absolute atomic E-state index is 0.0872. The minimum atomic E-state index is -4.87. The zero-order valence-electron chi connectivity index (χ0n) is 10.6. The summed E-state index contributed by atoms with van der Waals surface area (Å²) >= 11 is 1.03. The van der Waals surface area contributed by atoms with Crippen LogP contribution in [0.2, 0.25) is 0 Å². The van der Waals surface area contributed by atoms with Gasteiger partial charge in [-0.1, -0.05) is 11.8 Å². The van der Waals surface area contributed by atoms with Crippen LogP contribution < -0.4 is 15.8 Å². The molecule has 112 valence electrons. The van der Waals surface area contributed by atoms with Gasteiger partial charge in [0, 0.05) is 6.07 Å². The molecule has 0 saturated heterocycles. The van der Waals surface area contributed by atoms with Crippen molar-refractivity contribution in [3.8, 4) is 11.9 Å². The van der Waals surface area contributed by atoms with Crippen LogP contribution in [0.25, 0.3) is 0 Å². The minimum Gasteiger partial charge on any atom is -0.406 e. The number of amidine groups is 1. The second-order valence-corrected chi connectivity index (χ2v) is 4.24. The summed E-state index contributed by atoms with van der Waals surface area (Å²) in [5.41, 5.74) is 4.88. The van der Waals surface area contributed by atoms with E-state index in [0.29, 0.717) is 0 Å². The van der Waals surface area contributed by atoms with Gasteiger partial charge in [-0.05, 0) is 18.4 Å². The van der Waals surface area contributed by atoms with Gasteiger partial charge in [0.05, 0.1) is 11.3 Å². The topological polar surface area (TPSA) is 100 Å². The van der Waals surface area contributed by atoms with E-state index < -0.39 is 18.0 Å². The van der Waals surface area contributed by atoms with Gasteiger partial charge in [-0.15, -0.1) is 13.2 Å². The molecule has 0 aliphatic carbocycles. The molecule has 0 atom stereocenters. The zero-order chi connectivity index (χ0) is 16.0. The number of nitrogens with zero attached hydrogens (tertiary/aromatic N) is 2. The molecule has 10 heteroatoms. The van der Waals surface area contributed by atoms with Gasteiger partial charge in [0.1, 0.15) is 5.75 Å². The van der Waals surface area contributed by atoms with Crippen molar-refractivity contribution in [3.63, 3.8) is 0 Å². The maximum absolute atomic E-state index is 12.2. The summed E-state index contributed by atoms with van der Waals surface area (Å²) in [6.07, 6.45) is -1.67. The lowest BCUT2D eigenvalue weighted by molar-refractivity contribution is -0.274. The van der Waals surface area contributed by atoms with E-state index in [1.807, 2.05) is 0 Å². The molecule has 0 heterocycles. The summed E-state index contributed by atoms with van der Waals surface area (Å²) in [5.74, 6) is -1.42. The lowest BCUT2D eigenvalue weighted by atomic mass is 10.1. The Labute approximate surface area is 121 Å². The van der Waals surface area contributed by atoms with E-state index in [-0.39, 0.29) is 16.4 Å². The largest absolute Gasteiger partial charge is 0.573 e. The monoisotopic (exact) mass is 318 g/mol. The Hall–Kier alpha value is -2.41. The molecule has 1 amide bonds. The third-order valence-corrected chi connectivity index (χ3v) is 2.63. The van der Waals surface area contributed by atoms with Gasteiger partial charge in [-0.2, -0.15) is 5.26 Å². The number of aliphatic imine (C=N–C) groups is 1. The number of benzene rings is 1. The smallest absolute Gasteiger partial charge is 0.406 e. The molecule has 0 fully saturated rings. The van der Waals surface area contributed by atoms with Crippen molar-refractivity contribution in [1.29, 1.82) is 5.26 Å². The average molecular weight is 318 g/mol. The van der Waals surface area contributed by atoms with E-state index in [1.54, 1.807) is 12.4 Å². The van der Waals surface area contributed by atoms with Crippen LogP contribution in [-0.4, -0.2) is 23.7 Å². The van der Waals surface area contributed by atoms with Gasteiger partial charge in [-0.25, -0.2) is 4.99 Å². The number of thioether (sulfide) groups is 1. The molecule has 0 aliphatic heterocycles. The highest BCUT2D eigenvalue weighted by atomic mass is 32.2. The van der Waals surface area contributed by atoms with E-state index in [1.165, 1.54) is 0 Å². The number of nitriles is 1. The predicted molar refractivity (Wildman–Crippen MR) is 71.0 cm³/mol. The van der Waals surface area contributed by atoms with Gasteiger partial charge < -0.3 is 10.5 Å². The van der Waals surface area contributed by atoms with Crippen LogP contribution in [0.1, 0.15) is 10.4 Å². The maximum atomic E-state index is 12.2. The fraction of sp³-hybridized carbons (Fsp3) is 0.182. The van der Waals surface area contributed by atoms with E-state index in [2.05, 4.69) is 15.0 Å². The van der Waals surface area contributed by atoms with Crippen molar-refractivity contribution in [1.82, 2.24) is 5.32 Å². The number of rotatable bonds is 3. The first-order valence-corrected chi connectivity index (χ1v) is 6.46.